The van der Waals surface area contributed by atoms with Crippen molar-refractivity contribution in [3.8, 4) is 0 Å². The van der Waals surface area contributed by atoms with Gasteiger partial charge in [0.2, 0.25) is 0 Å². The number of allylic oxidation sites excluding steroid dienone is 4. The normalized spacial score (nSPS) is 34.1. The summed E-state index contributed by atoms with van der Waals surface area (Å²) >= 11 is 0. The van der Waals surface area contributed by atoms with Crippen molar-refractivity contribution in [2.24, 2.45) is 17.3 Å². The first-order chi connectivity index (χ1) is 18.8. The molecule has 1 aliphatic heterocycles. The Kier molecular flexibility index (Phi) is 6.84. The molecule has 5 heteroatoms. The topological polar surface area (TPSA) is 63.7 Å². The van der Waals surface area contributed by atoms with Crippen LogP contribution in [0.1, 0.15) is 103 Å². The summed E-state index contributed by atoms with van der Waals surface area (Å²) in [6.45, 7) is 7.90. The Bertz CT molecular complexity index is 1240. The van der Waals surface area contributed by atoms with Gasteiger partial charge in [-0.25, -0.2) is 0 Å². The lowest BCUT2D eigenvalue weighted by Gasteiger charge is -2.55. The van der Waals surface area contributed by atoms with Crippen LogP contribution in [0.3, 0.4) is 0 Å². The number of rotatable bonds is 5. The van der Waals surface area contributed by atoms with Crippen molar-refractivity contribution in [2.75, 3.05) is 18.0 Å². The SMILES string of the molecule is CCC(=O)OC1(C(C)=O)CCC2C3CCC4=CC(=O)CCC4=C3C(c3ccc(N4CCCCC4)cc3)C[C@@]21C. The van der Waals surface area contributed by atoms with Crippen LogP contribution < -0.4 is 4.90 Å². The number of nitrogens with zero attached hydrogens (tertiary/aromatic N) is 1. The molecule has 0 N–H and O–H groups in total. The Morgan fingerprint density at radius 3 is 2.46 bits per heavy atom. The van der Waals surface area contributed by atoms with E-state index in [0.717, 1.165) is 45.2 Å². The van der Waals surface area contributed by atoms with Crippen LogP contribution in [0.25, 0.3) is 0 Å². The van der Waals surface area contributed by atoms with Crippen molar-refractivity contribution in [1.29, 1.82) is 0 Å². The number of hydrogen-bond acceptors (Lipinski definition) is 5. The lowest BCUT2D eigenvalue weighted by atomic mass is 9.50. The number of Topliss-reactive ketones (excluding diaryl/α,β-unsaturated/α-hetero) is 1. The quantitative estimate of drug-likeness (QED) is 0.390. The molecule has 4 unspecified atom stereocenters. The minimum Gasteiger partial charge on any atom is -0.450 e. The number of benzene rings is 1. The van der Waals surface area contributed by atoms with E-state index in [-0.39, 0.29) is 35.8 Å². The Labute approximate surface area is 233 Å². The fourth-order valence-corrected chi connectivity index (χ4v) is 9.10. The maximum Gasteiger partial charge on any atom is 0.306 e. The fraction of sp³-hybridized carbons (Fsp3) is 0.618. The predicted octanol–water partition coefficient (Wildman–Crippen LogP) is 6.86. The van der Waals surface area contributed by atoms with Gasteiger partial charge in [-0.2, -0.15) is 0 Å². The van der Waals surface area contributed by atoms with Crippen LogP contribution in [0.4, 0.5) is 5.69 Å². The number of ketones is 2. The molecule has 0 radical (unpaired) electrons. The van der Waals surface area contributed by atoms with E-state index in [9.17, 15) is 14.4 Å². The molecule has 0 bridgehead atoms. The number of carbonyl (C=O) groups is 3. The predicted molar refractivity (Wildman–Crippen MR) is 153 cm³/mol. The van der Waals surface area contributed by atoms with Crippen molar-refractivity contribution in [3.63, 3.8) is 0 Å². The first kappa shape index (κ1) is 26.5. The average molecular weight is 530 g/mol. The molecule has 5 aliphatic rings. The van der Waals surface area contributed by atoms with Gasteiger partial charge in [-0.15, -0.1) is 0 Å². The van der Waals surface area contributed by atoms with Crippen LogP contribution in [-0.2, 0) is 19.1 Å². The molecule has 5 nitrogen and oxygen atoms in total. The van der Waals surface area contributed by atoms with Gasteiger partial charge in [0.1, 0.15) is 0 Å². The standard InChI is InChI=1S/C34H43NO4/c1-4-31(38)39-34(22(2)36)17-16-30-28-14-10-24-20-26(37)13-15-27(24)32(28)29(21-33(30,34)3)23-8-11-25(12-9-23)35-18-6-5-7-19-35/h8-9,11-12,20,28-30H,4-7,10,13-19,21H2,1-3H3/t28?,29?,30?,33-,34?/m0/s1. The van der Waals surface area contributed by atoms with Crippen molar-refractivity contribution in [3.05, 3.63) is 52.6 Å². The summed E-state index contributed by atoms with van der Waals surface area (Å²) in [7, 11) is 0. The van der Waals surface area contributed by atoms with Gasteiger partial charge >= 0.3 is 5.97 Å². The molecule has 5 atom stereocenters. The van der Waals surface area contributed by atoms with Crippen LogP contribution in [0.5, 0.6) is 0 Å². The second-order valence-electron chi connectivity index (χ2n) is 12.9. The Hall–Kier alpha value is -2.69. The smallest absolute Gasteiger partial charge is 0.306 e. The van der Waals surface area contributed by atoms with Crippen LogP contribution >= 0.6 is 0 Å². The highest BCUT2D eigenvalue weighted by atomic mass is 16.6. The monoisotopic (exact) mass is 529 g/mol. The highest BCUT2D eigenvalue weighted by Gasteiger charge is 2.67. The molecule has 2 saturated carbocycles. The van der Waals surface area contributed by atoms with Crippen LogP contribution in [0.15, 0.2) is 47.1 Å². The molecule has 4 aliphatic carbocycles. The third-order valence-corrected chi connectivity index (χ3v) is 11.0. The Morgan fingerprint density at radius 1 is 1.03 bits per heavy atom. The van der Waals surface area contributed by atoms with E-state index in [0.29, 0.717) is 18.8 Å². The van der Waals surface area contributed by atoms with Gasteiger partial charge in [-0.1, -0.05) is 31.6 Å². The lowest BCUT2D eigenvalue weighted by molar-refractivity contribution is -0.184. The van der Waals surface area contributed by atoms with E-state index >= 15 is 0 Å². The third-order valence-electron chi connectivity index (χ3n) is 11.0. The summed E-state index contributed by atoms with van der Waals surface area (Å²) in [5.41, 5.74) is 5.23. The van der Waals surface area contributed by atoms with Gasteiger partial charge in [0.15, 0.2) is 17.2 Å². The summed E-state index contributed by atoms with van der Waals surface area (Å²) in [5, 5.41) is 0. The van der Waals surface area contributed by atoms with Gasteiger partial charge in [0, 0.05) is 43.0 Å². The fourth-order valence-electron chi connectivity index (χ4n) is 9.10. The first-order valence-electron chi connectivity index (χ1n) is 15.3. The molecule has 1 aromatic rings. The van der Waals surface area contributed by atoms with Crippen molar-refractivity contribution < 1.29 is 19.1 Å². The van der Waals surface area contributed by atoms with Crippen molar-refractivity contribution in [2.45, 2.75) is 103 Å². The van der Waals surface area contributed by atoms with Gasteiger partial charge in [-0.05, 0) is 111 Å². The molecule has 0 spiro atoms. The summed E-state index contributed by atoms with van der Waals surface area (Å²) in [6, 6.07) is 9.17. The molecule has 0 amide bonds. The van der Waals surface area contributed by atoms with Gasteiger partial charge in [0.05, 0.1) is 0 Å². The molecule has 39 heavy (non-hydrogen) atoms. The minimum absolute atomic E-state index is 0.00995. The second-order valence-corrected chi connectivity index (χ2v) is 12.9. The zero-order chi connectivity index (χ0) is 27.4. The largest absolute Gasteiger partial charge is 0.450 e. The lowest BCUT2D eigenvalue weighted by Crippen LogP contribution is -2.57. The maximum atomic E-state index is 13.4. The number of ether oxygens (including phenoxy) is 1. The molecule has 1 saturated heterocycles. The third kappa shape index (κ3) is 4.22. The summed E-state index contributed by atoms with van der Waals surface area (Å²) in [4.78, 5) is 41.0. The second kappa shape index (κ2) is 10.1. The van der Waals surface area contributed by atoms with E-state index in [4.69, 9.17) is 4.74 Å². The highest BCUT2D eigenvalue weighted by Crippen LogP contribution is 2.67. The summed E-state index contributed by atoms with van der Waals surface area (Å²) in [5.74, 6) is 0.742. The summed E-state index contributed by atoms with van der Waals surface area (Å²) in [6.07, 6.45) is 11.6. The van der Waals surface area contributed by atoms with Gasteiger partial charge in [-0.3, -0.25) is 14.4 Å². The molecule has 208 valence electrons. The zero-order valence-corrected chi connectivity index (χ0v) is 23.9. The molecule has 1 aromatic carbocycles. The minimum atomic E-state index is -1.06. The van der Waals surface area contributed by atoms with E-state index in [1.807, 2.05) is 6.08 Å². The highest BCUT2D eigenvalue weighted by molar-refractivity contribution is 5.93. The molecular formula is C34H43NO4. The number of hydrogen-bond donors (Lipinski definition) is 0. The Morgan fingerprint density at radius 2 is 1.77 bits per heavy atom. The number of fused-ring (bicyclic) bond motifs is 4. The zero-order valence-electron chi connectivity index (χ0n) is 23.9. The van der Waals surface area contributed by atoms with Gasteiger partial charge < -0.3 is 9.64 Å². The number of carbonyl (C=O) groups excluding carboxylic acids is 3. The van der Waals surface area contributed by atoms with Crippen LogP contribution in [0, 0.1) is 17.3 Å². The Balaban J connectivity index is 1.46. The summed E-state index contributed by atoms with van der Waals surface area (Å²) < 4.78 is 6.20. The van der Waals surface area contributed by atoms with E-state index in [1.54, 1.807) is 13.8 Å². The maximum absolute atomic E-state index is 13.4. The molecule has 0 aromatic heterocycles. The molecule has 3 fully saturated rings. The number of esters is 1. The van der Waals surface area contributed by atoms with Gasteiger partial charge in [0.25, 0.3) is 0 Å². The van der Waals surface area contributed by atoms with E-state index < -0.39 is 11.0 Å². The first-order valence-corrected chi connectivity index (χ1v) is 15.3. The number of piperidine rings is 1. The molecule has 6 rings (SSSR count). The molecular weight excluding hydrogens is 486 g/mol. The van der Waals surface area contributed by atoms with Crippen molar-refractivity contribution in [1.82, 2.24) is 0 Å². The molecule has 1 heterocycles. The van der Waals surface area contributed by atoms with E-state index in [1.165, 1.54) is 47.2 Å². The van der Waals surface area contributed by atoms with Crippen LogP contribution in [0.2, 0.25) is 0 Å². The average Bonchev–Trinajstić information content (AvgIpc) is 3.25. The van der Waals surface area contributed by atoms with Crippen molar-refractivity contribution >= 4 is 23.2 Å². The van der Waals surface area contributed by atoms with E-state index in [2.05, 4.69) is 36.1 Å². The van der Waals surface area contributed by atoms with Crippen LogP contribution in [-0.4, -0.2) is 36.2 Å². The number of anilines is 1.